The van der Waals surface area contributed by atoms with Gasteiger partial charge in [0.25, 0.3) is 0 Å². The molecule has 2 heterocycles. The van der Waals surface area contributed by atoms with Crippen LogP contribution in [0.3, 0.4) is 0 Å². The molecule has 1 aromatic heterocycles. The monoisotopic (exact) mass is 241 g/mol. The molecule has 1 aliphatic rings. The summed E-state index contributed by atoms with van der Waals surface area (Å²) < 4.78 is 23.1. The number of hydrogen-bond acceptors (Lipinski definition) is 5. The van der Waals surface area contributed by atoms with Crippen LogP contribution in [0.1, 0.15) is 12.6 Å². The molecule has 0 aromatic carbocycles. The Hall–Kier alpha value is -1.17. The largest absolute Gasteiger partial charge is 0.338 e. The second kappa shape index (κ2) is 4.01. The predicted octanol–water partition coefficient (Wildman–Crippen LogP) is 0.408. The highest BCUT2D eigenvalue weighted by Gasteiger charge is 2.37. The Morgan fingerprint density at radius 3 is 2.75 bits per heavy atom. The lowest BCUT2D eigenvalue weighted by Crippen LogP contribution is -2.55. The summed E-state index contributed by atoms with van der Waals surface area (Å²) in [7, 11) is -2.91. The first-order valence-electron chi connectivity index (χ1n) is 5.29. The molecule has 2 rings (SSSR count). The third kappa shape index (κ3) is 2.02. The number of nitrogens with zero attached hydrogens (tertiary/aromatic N) is 3. The van der Waals surface area contributed by atoms with E-state index in [-0.39, 0.29) is 11.0 Å². The van der Waals surface area contributed by atoms with Crippen LogP contribution in [0.4, 0.5) is 5.95 Å². The minimum absolute atomic E-state index is 0.209. The van der Waals surface area contributed by atoms with Crippen LogP contribution in [-0.2, 0) is 9.84 Å². The van der Waals surface area contributed by atoms with Crippen molar-refractivity contribution in [2.24, 2.45) is 0 Å². The van der Waals surface area contributed by atoms with Crippen LogP contribution in [0.2, 0.25) is 0 Å². The Balaban J connectivity index is 2.04. The fourth-order valence-electron chi connectivity index (χ4n) is 1.65. The van der Waals surface area contributed by atoms with Gasteiger partial charge in [0.2, 0.25) is 5.95 Å². The van der Waals surface area contributed by atoms with Gasteiger partial charge in [-0.2, -0.15) is 0 Å². The van der Waals surface area contributed by atoms with Gasteiger partial charge in [-0.3, -0.25) is 0 Å². The van der Waals surface area contributed by atoms with Gasteiger partial charge in [0.15, 0.2) is 9.84 Å². The van der Waals surface area contributed by atoms with Crippen molar-refractivity contribution < 1.29 is 8.42 Å². The van der Waals surface area contributed by atoms with E-state index in [4.69, 9.17) is 0 Å². The molecule has 6 heteroatoms. The maximum absolute atomic E-state index is 11.6. The number of aromatic nitrogens is 2. The zero-order valence-electron chi connectivity index (χ0n) is 9.42. The molecule has 0 amide bonds. The lowest BCUT2D eigenvalue weighted by Gasteiger charge is -2.38. The van der Waals surface area contributed by atoms with Crippen molar-refractivity contribution in [1.29, 1.82) is 0 Å². The van der Waals surface area contributed by atoms with Gasteiger partial charge in [-0.25, -0.2) is 18.4 Å². The van der Waals surface area contributed by atoms with Gasteiger partial charge in [-0.05, 0) is 13.0 Å². The van der Waals surface area contributed by atoms with E-state index in [9.17, 15) is 8.42 Å². The molecule has 0 radical (unpaired) electrons. The zero-order valence-corrected chi connectivity index (χ0v) is 10.2. The molecule has 1 fully saturated rings. The average Bonchev–Trinajstić information content (AvgIpc) is 2.15. The molecule has 0 unspecified atom stereocenters. The molecular formula is C10H15N3O2S. The van der Waals surface area contributed by atoms with Gasteiger partial charge in [-0.15, -0.1) is 0 Å². The van der Waals surface area contributed by atoms with Crippen molar-refractivity contribution in [2.75, 3.05) is 23.7 Å². The minimum Gasteiger partial charge on any atom is -0.338 e. The molecule has 1 saturated heterocycles. The van der Waals surface area contributed by atoms with Crippen molar-refractivity contribution in [2.45, 2.75) is 19.1 Å². The molecule has 1 aliphatic heterocycles. The Morgan fingerprint density at radius 2 is 2.19 bits per heavy atom. The van der Waals surface area contributed by atoms with E-state index in [0.29, 0.717) is 19.0 Å². The number of anilines is 1. The first-order chi connectivity index (χ1) is 7.53. The van der Waals surface area contributed by atoms with Crippen molar-refractivity contribution in [3.63, 3.8) is 0 Å². The number of rotatable bonds is 3. The minimum atomic E-state index is -2.91. The molecule has 0 spiro atoms. The van der Waals surface area contributed by atoms with E-state index in [1.807, 2.05) is 17.9 Å². The molecule has 0 saturated carbocycles. The highest BCUT2D eigenvalue weighted by atomic mass is 32.2. The first kappa shape index (κ1) is 11.3. The summed E-state index contributed by atoms with van der Waals surface area (Å²) >= 11 is 0. The summed E-state index contributed by atoms with van der Waals surface area (Å²) in [5.74, 6) is 0.836. The van der Waals surface area contributed by atoms with E-state index >= 15 is 0 Å². The van der Waals surface area contributed by atoms with Crippen LogP contribution >= 0.6 is 0 Å². The average molecular weight is 241 g/mol. The normalized spacial score (nSPS) is 17.2. The Kier molecular flexibility index (Phi) is 2.84. The maximum atomic E-state index is 11.6. The fourth-order valence-corrected chi connectivity index (χ4v) is 2.94. The summed E-state index contributed by atoms with van der Waals surface area (Å²) in [6.07, 6.45) is 1.69. The van der Waals surface area contributed by atoms with Crippen LogP contribution < -0.4 is 4.90 Å². The van der Waals surface area contributed by atoms with Crippen LogP contribution in [-0.4, -0.2) is 42.5 Å². The van der Waals surface area contributed by atoms with Gasteiger partial charge in [0, 0.05) is 30.7 Å². The SMILES string of the molecule is CCS(=O)(=O)C1CN(c2nccc(C)n2)C1. The number of hydrogen-bond donors (Lipinski definition) is 0. The van der Waals surface area contributed by atoms with E-state index in [1.165, 1.54) is 0 Å². The van der Waals surface area contributed by atoms with Gasteiger partial charge in [-0.1, -0.05) is 6.92 Å². The zero-order chi connectivity index (χ0) is 11.8. The third-order valence-corrected chi connectivity index (χ3v) is 4.94. The third-order valence-electron chi connectivity index (χ3n) is 2.82. The summed E-state index contributed by atoms with van der Waals surface area (Å²) in [5.41, 5.74) is 0.895. The molecular weight excluding hydrogens is 226 g/mol. The summed E-state index contributed by atoms with van der Waals surface area (Å²) in [6.45, 7) is 4.60. The lowest BCUT2D eigenvalue weighted by atomic mass is 10.2. The molecule has 0 N–H and O–H groups in total. The molecule has 5 nitrogen and oxygen atoms in total. The topological polar surface area (TPSA) is 63.2 Å². The van der Waals surface area contributed by atoms with E-state index in [1.54, 1.807) is 13.1 Å². The van der Waals surface area contributed by atoms with Crippen LogP contribution in [0.15, 0.2) is 12.3 Å². The Labute approximate surface area is 95.4 Å². The molecule has 88 valence electrons. The quantitative estimate of drug-likeness (QED) is 0.767. The van der Waals surface area contributed by atoms with Crippen molar-refractivity contribution >= 4 is 15.8 Å². The second-order valence-corrected chi connectivity index (χ2v) is 6.55. The molecule has 0 atom stereocenters. The van der Waals surface area contributed by atoms with Gasteiger partial charge in [0.05, 0.1) is 5.25 Å². The maximum Gasteiger partial charge on any atom is 0.225 e. The standard InChI is InChI=1S/C10H15N3O2S/c1-3-16(14,15)9-6-13(7-9)10-11-5-4-8(2)12-10/h4-5,9H,3,6-7H2,1-2H3. The van der Waals surface area contributed by atoms with Crippen LogP contribution in [0.5, 0.6) is 0 Å². The number of sulfone groups is 1. The second-order valence-electron chi connectivity index (χ2n) is 3.98. The van der Waals surface area contributed by atoms with Crippen LogP contribution in [0, 0.1) is 6.92 Å². The lowest BCUT2D eigenvalue weighted by molar-refractivity contribution is 0.537. The number of aryl methyl sites for hydroxylation is 1. The molecule has 0 aliphatic carbocycles. The highest BCUT2D eigenvalue weighted by Crippen LogP contribution is 2.21. The van der Waals surface area contributed by atoms with E-state index in [0.717, 1.165) is 5.69 Å². The molecule has 0 bridgehead atoms. The van der Waals surface area contributed by atoms with Crippen molar-refractivity contribution in [3.8, 4) is 0 Å². The highest BCUT2D eigenvalue weighted by molar-refractivity contribution is 7.92. The summed E-state index contributed by atoms with van der Waals surface area (Å²) in [4.78, 5) is 10.3. The summed E-state index contributed by atoms with van der Waals surface area (Å²) in [5, 5.41) is -0.249. The van der Waals surface area contributed by atoms with E-state index in [2.05, 4.69) is 9.97 Å². The van der Waals surface area contributed by atoms with Crippen LogP contribution in [0.25, 0.3) is 0 Å². The van der Waals surface area contributed by atoms with E-state index < -0.39 is 9.84 Å². The predicted molar refractivity (Wildman–Crippen MR) is 62.2 cm³/mol. The van der Waals surface area contributed by atoms with Gasteiger partial charge >= 0.3 is 0 Å². The Morgan fingerprint density at radius 1 is 1.50 bits per heavy atom. The van der Waals surface area contributed by atoms with Crippen molar-refractivity contribution in [3.05, 3.63) is 18.0 Å². The summed E-state index contributed by atoms with van der Waals surface area (Å²) in [6, 6.07) is 1.82. The van der Waals surface area contributed by atoms with Gasteiger partial charge < -0.3 is 4.90 Å². The smallest absolute Gasteiger partial charge is 0.225 e. The first-order valence-corrected chi connectivity index (χ1v) is 7.00. The van der Waals surface area contributed by atoms with Crippen molar-refractivity contribution in [1.82, 2.24) is 9.97 Å². The Bertz CT molecular complexity index is 481. The molecule has 16 heavy (non-hydrogen) atoms. The molecule has 1 aromatic rings. The fraction of sp³-hybridized carbons (Fsp3) is 0.600. The van der Waals surface area contributed by atoms with Gasteiger partial charge in [0.1, 0.15) is 0 Å².